The predicted molar refractivity (Wildman–Crippen MR) is 44.6 cm³/mol. The summed E-state index contributed by atoms with van der Waals surface area (Å²) in [6.45, 7) is 3.77. The maximum absolute atomic E-state index is 11.6. The van der Waals surface area contributed by atoms with Crippen molar-refractivity contribution in [3.8, 4) is 0 Å². The molecule has 3 rings (SSSR count). The summed E-state index contributed by atoms with van der Waals surface area (Å²) in [5.41, 5.74) is -0.569. The zero-order chi connectivity index (χ0) is 9.43. The third-order valence-corrected chi connectivity index (χ3v) is 5.53. The highest BCUT2D eigenvalue weighted by Gasteiger charge is 2.70. The molecule has 0 aromatic rings. The monoisotopic (exact) mass is 204 g/mol. The molecule has 3 heterocycles. The second-order valence-electron chi connectivity index (χ2n) is 4.51. The number of ether oxygens (including phenoxy) is 1. The van der Waals surface area contributed by atoms with Crippen molar-refractivity contribution in [3.63, 3.8) is 0 Å². The van der Waals surface area contributed by atoms with Crippen molar-refractivity contribution >= 4 is 10.1 Å². The lowest BCUT2D eigenvalue weighted by molar-refractivity contribution is 0.0361. The van der Waals surface area contributed by atoms with Crippen molar-refractivity contribution in [2.75, 3.05) is 0 Å². The first-order valence-electron chi connectivity index (χ1n) is 4.54. The molecule has 5 atom stereocenters. The maximum Gasteiger partial charge on any atom is 0.273 e. The fourth-order valence-electron chi connectivity index (χ4n) is 2.93. The van der Waals surface area contributed by atoms with E-state index in [1.807, 2.05) is 13.8 Å². The van der Waals surface area contributed by atoms with E-state index in [9.17, 15) is 8.42 Å². The first-order valence-corrected chi connectivity index (χ1v) is 6.01. The average molecular weight is 204 g/mol. The summed E-state index contributed by atoms with van der Waals surface area (Å²) in [4.78, 5) is 0. The Labute approximate surface area is 77.3 Å². The van der Waals surface area contributed by atoms with Gasteiger partial charge in [-0.25, -0.2) is 0 Å². The van der Waals surface area contributed by atoms with Crippen LogP contribution in [0, 0.1) is 5.92 Å². The fourth-order valence-corrected chi connectivity index (χ4v) is 5.10. The lowest BCUT2D eigenvalue weighted by atomic mass is 9.81. The predicted octanol–water partition coefficient (Wildman–Crippen LogP) is 0.281. The van der Waals surface area contributed by atoms with Crippen molar-refractivity contribution in [2.45, 2.75) is 43.3 Å². The van der Waals surface area contributed by atoms with Crippen LogP contribution < -0.4 is 0 Å². The van der Waals surface area contributed by atoms with Crippen molar-refractivity contribution in [2.24, 2.45) is 5.92 Å². The van der Waals surface area contributed by atoms with E-state index in [2.05, 4.69) is 0 Å². The third-order valence-electron chi connectivity index (χ3n) is 3.57. The molecule has 0 saturated carbocycles. The van der Waals surface area contributed by atoms with Gasteiger partial charge < -0.3 is 4.74 Å². The first kappa shape index (κ1) is 8.20. The Morgan fingerprint density at radius 1 is 1.46 bits per heavy atom. The standard InChI is InChI=1S/C8H12O4S/c1-4-5-3-8(2)7(11-5)6(4)13(9,10)12-8/h4-7H,3H2,1-2H3. The zero-order valence-corrected chi connectivity index (χ0v) is 8.37. The summed E-state index contributed by atoms with van der Waals surface area (Å²) in [6.07, 6.45) is 0.573. The minimum absolute atomic E-state index is 0.0808. The molecule has 0 aromatic carbocycles. The molecular weight excluding hydrogens is 192 g/mol. The van der Waals surface area contributed by atoms with E-state index in [0.717, 1.165) is 0 Å². The van der Waals surface area contributed by atoms with Crippen molar-refractivity contribution in [1.29, 1.82) is 0 Å². The van der Waals surface area contributed by atoms with Crippen LogP contribution in [0.4, 0.5) is 0 Å². The average Bonchev–Trinajstić information content (AvgIpc) is 2.43. The number of hydrogen-bond donors (Lipinski definition) is 0. The molecule has 74 valence electrons. The van der Waals surface area contributed by atoms with Crippen LogP contribution in [0.2, 0.25) is 0 Å². The zero-order valence-electron chi connectivity index (χ0n) is 7.56. The summed E-state index contributed by atoms with van der Waals surface area (Å²) >= 11 is 0. The summed E-state index contributed by atoms with van der Waals surface area (Å²) in [5.74, 6) is 0.0885. The van der Waals surface area contributed by atoms with Crippen LogP contribution in [0.25, 0.3) is 0 Å². The Morgan fingerprint density at radius 3 is 2.69 bits per heavy atom. The molecule has 2 bridgehead atoms. The van der Waals surface area contributed by atoms with Crippen molar-refractivity contribution < 1.29 is 17.3 Å². The summed E-state index contributed by atoms with van der Waals surface area (Å²) in [5, 5.41) is -0.420. The van der Waals surface area contributed by atoms with E-state index in [4.69, 9.17) is 8.92 Å². The summed E-state index contributed by atoms with van der Waals surface area (Å²) in [6, 6.07) is 0. The molecule has 3 saturated heterocycles. The highest BCUT2D eigenvalue weighted by Crippen LogP contribution is 2.55. The van der Waals surface area contributed by atoms with E-state index in [1.165, 1.54) is 0 Å². The van der Waals surface area contributed by atoms with Crippen molar-refractivity contribution in [3.05, 3.63) is 0 Å². The summed E-state index contributed by atoms with van der Waals surface area (Å²) in [7, 11) is -3.36. The Bertz CT molecular complexity index is 362. The molecule has 5 heteroatoms. The molecule has 3 aliphatic heterocycles. The molecule has 0 radical (unpaired) electrons. The van der Waals surface area contributed by atoms with Gasteiger partial charge in [-0.3, -0.25) is 4.18 Å². The van der Waals surface area contributed by atoms with Crippen LogP contribution in [0.5, 0.6) is 0 Å². The number of fused-ring (bicyclic) bond motifs is 1. The largest absolute Gasteiger partial charge is 0.370 e. The van der Waals surface area contributed by atoms with Crippen molar-refractivity contribution in [1.82, 2.24) is 0 Å². The third kappa shape index (κ3) is 0.765. The van der Waals surface area contributed by atoms with Gasteiger partial charge >= 0.3 is 0 Å². The molecule has 0 N–H and O–H groups in total. The summed E-state index contributed by atoms with van der Waals surface area (Å²) < 4.78 is 33.9. The number of rotatable bonds is 0. The van der Waals surface area contributed by atoms with Gasteiger partial charge in [0.2, 0.25) is 0 Å². The van der Waals surface area contributed by atoms with Crippen LogP contribution in [0.15, 0.2) is 0 Å². The van der Waals surface area contributed by atoms with Gasteiger partial charge in [-0.15, -0.1) is 0 Å². The minimum atomic E-state index is -3.36. The van der Waals surface area contributed by atoms with E-state index < -0.39 is 21.0 Å². The maximum atomic E-state index is 11.6. The lowest BCUT2D eigenvalue weighted by Gasteiger charge is -2.23. The Balaban J connectivity index is 2.18. The molecule has 5 unspecified atom stereocenters. The van der Waals surface area contributed by atoms with Crippen LogP contribution >= 0.6 is 0 Å². The Morgan fingerprint density at radius 2 is 2.15 bits per heavy atom. The van der Waals surface area contributed by atoms with Gasteiger partial charge in [-0.2, -0.15) is 8.42 Å². The minimum Gasteiger partial charge on any atom is -0.370 e. The normalized spacial score (nSPS) is 61.7. The highest BCUT2D eigenvalue weighted by atomic mass is 32.2. The Hall–Kier alpha value is -0.130. The first-order chi connectivity index (χ1) is 5.94. The van der Waals surface area contributed by atoms with Gasteiger partial charge in [-0.05, 0) is 6.92 Å². The quantitative estimate of drug-likeness (QED) is 0.532. The van der Waals surface area contributed by atoms with Gasteiger partial charge in [0, 0.05) is 12.3 Å². The molecule has 13 heavy (non-hydrogen) atoms. The van der Waals surface area contributed by atoms with E-state index >= 15 is 0 Å². The molecule has 0 spiro atoms. The van der Waals surface area contributed by atoms with Gasteiger partial charge in [0.25, 0.3) is 10.1 Å². The second-order valence-corrected chi connectivity index (χ2v) is 6.21. The molecule has 0 aliphatic carbocycles. The smallest absolute Gasteiger partial charge is 0.273 e. The van der Waals surface area contributed by atoms with Crippen LogP contribution in [-0.2, 0) is 19.0 Å². The highest BCUT2D eigenvalue weighted by molar-refractivity contribution is 7.87. The molecule has 3 aliphatic rings. The second kappa shape index (κ2) is 1.94. The molecule has 0 aromatic heterocycles. The van der Waals surface area contributed by atoms with Gasteiger partial charge in [-0.1, -0.05) is 6.92 Å². The van der Waals surface area contributed by atoms with Gasteiger partial charge in [0.05, 0.1) is 6.10 Å². The van der Waals surface area contributed by atoms with E-state index in [0.29, 0.717) is 6.42 Å². The molecular formula is C8H12O4S. The van der Waals surface area contributed by atoms with Crippen LogP contribution in [0.1, 0.15) is 20.3 Å². The topological polar surface area (TPSA) is 52.6 Å². The van der Waals surface area contributed by atoms with E-state index in [1.54, 1.807) is 0 Å². The molecule has 3 fully saturated rings. The molecule has 0 amide bonds. The van der Waals surface area contributed by atoms with Crippen LogP contribution in [-0.4, -0.2) is 31.5 Å². The van der Waals surface area contributed by atoms with Gasteiger partial charge in [0.1, 0.15) is 17.0 Å². The lowest BCUT2D eigenvalue weighted by Crippen LogP contribution is -2.41. The Kier molecular flexibility index (Phi) is 1.23. The SMILES string of the molecule is CC1C2CC3(C)OS(=O)(=O)C1C3O2. The molecule has 4 nitrogen and oxygen atoms in total. The number of hydrogen-bond acceptors (Lipinski definition) is 4. The van der Waals surface area contributed by atoms with Crippen LogP contribution in [0.3, 0.4) is 0 Å². The van der Waals surface area contributed by atoms with Gasteiger partial charge in [0.15, 0.2) is 0 Å². The van der Waals surface area contributed by atoms with E-state index in [-0.39, 0.29) is 18.1 Å². The fraction of sp³-hybridized carbons (Fsp3) is 1.00.